The summed E-state index contributed by atoms with van der Waals surface area (Å²) in [5.41, 5.74) is 1.90. The van der Waals surface area contributed by atoms with E-state index in [1.165, 1.54) is 0 Å². The summed E-state index contributed by atoms with van der Waals surface area (Å²) in [5.74, 6) is 2.48. The van der Waals surface area contributed by atoms with E-state index >= 15 is 0 Å². The smallest absolute Gasteiger partial charge is 0.166 e. The minimum absolute atomic E-state index is 0.636. The molecule has 0 aliphatic carbocycles. The molecule has 0 amide bonds. The minimum atomic E-state index is 0.636. The van der Waals surface area contributed by atoms with Gasteiger partial charge in [-0.05, 0) is 19.1 Å². The molecule has 7 heteroatoms. The zero-order valence-electron chi connectivity index (χ0n) is 11.8. The van der Waals surface area contributed by atoms with Gasteiger partial charge in [-0.15, -0.1) is 0 Å². The molecule has 3 rings (SSSR count). The lowest BCUT2D eigenvalue weighted by Crippen LogP contribution is -1.95. The summed E-state index contributed by atoms with van der Waals surface area (Å²) in [5, 5.41) is 1.49. The summed E-state index contributed by atoms with van der Waals surface area (Å²) in [6.07, 6.45) is 1.66. The lowest BCUT2D eigenvalue weighted by molar-refractivity contribution is 0.340. The molecule has 0 unspecified atom stereocenters. The molecule has 0 aliphatic rings. The van der Waals surface area contributed by atoms with Crippen molar-refractivity contribution < 1.29 is 4.74 Å². The van der Waals surface area contributed by atoms with Gasteiger partial charge in [-0.25, -0.2) is 9.97 Å². The predicted molar refractivity (Wildman–Crippen MR) is 85.0 cm³/mol. The average Bonchev–Trinajstić information content (AvgIpc) is 3.01. The Kier molecular flexibility index (Phi) is 4.07. The number of benzene rings is 1. The predicted octanol–water partition coefficient (Wildman–Crippen LogP) is 3.64. The number of H-pyrrole nitrogens is 1. The molecule has 0 bridgehead atoms. The van der Waals surface area contributed by atoms with Crippen LogP contribution in [0.1, 0.15) is 12.7 Å². The second-order valence-electron chi connectivity index (χ2n) is 4.50. The molecule has 0 fully saturated rings. The summed E-state index contributed by atoms with van der Waals surface area (Å²) in [4.78, 5) is 12.1. The van der Waals surface area contributed by atoms with Crippen molar-refractivity contribution in [2.24, 2.45) is 7.05 Å². The first-order valence-electron chi connectivity index (χ1n) is 6.59. The topological polar surface area (TPSA) is 55.7 Å². The van der Waals surface area contributed by atoms with E-state index in [1.54, 1.807) is 18.0 Å². The molecular formula is C14H15ClN4OS. The van der Waals surface area contributed by atoms with Gasteiger partial charge in [0, 0.05) is 13.1 Å². The number of fused-ring (bicyclic) bond motifs is 1. The fraction of sp³-hybridized carbons (Fsp3) is 0.286. The van der Waals surface area contributed by atoms with Crippen LogP contribution in [0.25, 0.3) is 11.0 Å². The Labute approximate surface area is 131 Å². The molecule has 0 aliphatic heterocycles. The van der Waals surface area contributed by atoms with E-state index in [0.29, 0.717) is 17.5 Å². The van der Waals surface area contributed by atoms with Gasteiger partial charge in [-0.3, -0.25) is 0 Å². The third-order valence-corrected chi connectivity index (χ3v) is 4.33. The Morgan fingerprint density at radius 1 is 1.43 bits per heavy atom. The lowest BCUT2D eigenvalue weighted by Gasteiger charge is -2.01. The molecule has 2 aromatic heterocycles. The minimum Gasteiger partial charge on any atom is -0.494 e. The highest BCUT2D eigenvalue weighted by Crippen LogP contribution is 2.25. The second kappa shape index (κ2) is 5.99. The van der Waals surface area contributed by atoms with Crippen LogP contribution < -0.4 is 4.74 Å². The van der Waals surface area contributed by atoms with Crippen LogP contribution in [0.15, 0.2) is 29.6 Å². The fourth-order valence-electron chi connectivity index (χ4n) is 1.98. The number of imidazole rings is 2. The summed E-state index contributed by atoms with van der Waals surface area (Å²) < 4.78 is 7.35. The van der Waals surface area contributed by atoms with Gasteiger partial charge >= 0.3 is 0 Å². The summed E-state index contributed by atoms with van der Waals surface area (Å²) >= 11 is 7.57. The van der Waals surface area contributed by atoms with E-state index in [1.807, 2.05) is 36.7 Å². The first-order valence-corrected chi connectivity index (χ1v) is 7.95. The SMILES string of the molecule is CCOc1ccc2nc(SCc3ncc(Cl)n3C)[nH]c2c1. The van der Waals surface area contributed by atoms with Crippen molar-refractivity contribution in [2.75, 3.05) is 6.61 Å². The molecule has 2 heterocycles. The van der Waals surface area contributed by atoms with Crippen LogP contribution in [0.5, 0.6) is 5.75 Å². The van der Waals surface area contributed by atoms with Crippen molar-refractivity contribution in [2.45, 2.75) is 17.8 Å². The highest BCUT2D eigenvalue weighted by Gasteiger charge is 2.08. The Bertz CT molecular complexity index is 768. The maximum absolute atomic E-state index is 5.98. The number of aromatic amines is 1. The van der Waals surface area contributed by atoms with Gasteiger partial charge in [0.2, 0.25) is 0 Å². The molecule has 0 atom stereocenters. The fourth-order valence-corrected chi connectivity index (χ4v) is 3.01. The van der Waals surface area contributed by atoms with Crippen molar-refractivity contribution in [3.63, 3.8) is 0 Å². The molecule has 5 nitrogen and oxygen atoms in total. The van der Waals surface area contributed by atoms with Crippen molar-refractivity contribution in [3.05, 3.63) is 35.4 Å². The van der Waals surface area contributed by atoms with Gasteiger partial charge in [-0.1, -0.05) is 23.4 Å². The quantitative estimate of drug-likeness (QED) is 0.729. The number of rotatable bonds is 5. The molecule has 0 saturated carbocycles. The third-order valence-electron chi connectivity index (χ3n) is 3.11. The monoisotopic (exact) mass is 322 g/mol. The maximum Gasteiger partial charge on any atom is 0.166 e. The van der Waals surface area contributed by atoms with Crippen molar-refractivity contribution >= 4 is 34.4 Å². The van der Waals surface area contributed by atoms with Crippen molar-refractivity contribution in [1.82, 2.24) is 19.5 Å². The zero-order chi connectivity index (χ0) is 14.8. The van der Waals surface area contributed by atoms with E-state index < -0.39 is 0 Å². The van der Waals surface area contributed by atoms with E-state index in [0.717, 1.165) is 27.8 Å². The molecule has 0 radical (unpaired) electrons. The summed E-state index contributed by atoms with van der Waals surface area (Å²) in [6.45, 7) is 2.62. The van der Waals surface area contributed by atoms with E-state index in [4.69, 9.17) is 16.3 Å². The number of nitrogens with one attached hydrogen (secondary N) is 1. The molecule has 21 heavy (non-hydrogen) atoms. The number of aromatic nitrogens is 4. The summed E-state index contributed by atoms with van der Waals surface area (Å²) in [6, 6.07) is 5.85. The molecule has 3 aromatic rings. The lowest BCUT2D eigenvalue weighted by atomic mass is 10.3. The number of hydrogen-bond acceptors (Lipinski definition) is 4. The highest BCUT2D eigenvalue weighted by atomic mass is 35.5. The Morgan fingerprint density at radius 2 is 2.29 bits per heavy atom. The number of ether oxygens (including phenoxy) is 1. The Morgan fingerprint density at radius 3 is 3.00 bits per heavy atom. The van der Waals surface area contributed by atoms with Crippen molar-refractivity contribution in [1.29, 1.82) is 0 Å². The van der Waals surface area contributed by atoms with Crippen LogP contribution >= 0.6 is 23.4 Å². The van der Waals surface area contributed by atoms with Crippen LogP contribution in [0.3, 0.4) is 0 Å². The van der Waals surface area contributed by atoms with Gasteiger partial charge in [-0.2, -0.15) is 0 Å². The summed E-state index contributed by atoms with van der Waals surface area (Å²) in [7, 11) is 1.90. The van der Waals surface area contributed by atoms with Gasteiger partial charge in [0.15, 0.2) is 5.16 Å². The van der Waals surface area contributed by atoms with Crippen LogP contribution in [-0.2, 0) is 12.8 Å². The van der Waals surface area contributed by atoms with Gasteiger partial charge < -0.3 is 14.3 Å². The zero-order valence-corrected chi connectivity index (χ0v) is 13.3. The number of thioether (sulfide) groups is 1. The maximum atomic E-state index is 5.98. The first kappa shape index (κ1) is 14.3. The van der Waals surface area contributed by atoms with Crippen LogP contribution in [-0.4, -0.2) is 26.1 Å². The van der Waals surface area contributed by atoms with Crippen LogP contribution in [0.2, 0.25) is 5.15 Å². The Balaban J connectivity index is 1.76. The van der Waals surface area contributed by atoms with Crippen LogP contribution in [0, 0.1) is 0 Å². The van der Waals surface area contributed by atoms with Gasteiger partial charge in [0.1, 0.15) is 16.7 Å². The van der Waals surface area contributed by atoms with Gasteiger partial charge in [0.05, 0.1) is 29.6 Å². The largest absolute Gasteiger partial charge is 0.494 e. The molecule has 0 spiro atoms. The third kappa shape index (κ3) is 3.01. The number of nitrogens with zero attached hydrogens (tertiary/aromatic N) is 3. The van der Waals surface area contributed by atoms with Crippen LogP contribution in [0.4, 0.5) is 0 Å². The highest BCUT2D eigenvalue weighted by molar-refractivity contribution is 7.98. The van der Waals surface area contributed by atoms with E-state index in [2.05, 4.69) is 15.0 Å². The normalized spacial score (nSPS) is 11.2. The Hall–Kier alpha value is -1.66. The van der Waals surface area contributed by atoms with E-state index in [9.17, 15) is 0 Å². The molecule has 1 aromatic carbocycles. The average molecular weight is 323 g/mol. The molecular weight excluding hydrogens is 308 g/mol. The standard InChI is InChI=1S/C14H15ClN4OS/c1-3-20-9-4-5-10-11(6-9)18-14(17-10)21-8-13-16-7-12(15)19(13)2/h4-7H,3,8H2,1-2H3,(H,17,18). The molecule has 0 saturated heterocycles. The number of hydrogen-bond donors (Lipinski definition) is 1. The molecule has 110 valence electrons. The van der Waals surface area contributed by atoms with Crippen molar-refractivity contribution in [3.8, 4) is 5.75 Å². The van der Waals surface area contributed by atoms with E-state index in [-0.39, 0.29) is 0 Å². The first-order chi connectivity index (χ1) is 10.2. The second-order valence-corrected chi connectivity index (χ2v) is 5.85. The number of halogens is 1. The van der Waals surface area contributed by atoms with Gasteiger partial charge in [0.25, 0.3) is 0 Å². The molecule has 1 N–H and O–H groups in total.